The number of hydrogen-bond acceptors (Lipinski definition) is 3. The normalized spacial score (nSPS) is 11.6. The van der Waals surface area contributed by atoms with Crippen molar-refractivity contribution in [1.29, 1.82) is 0 Å². The van der Waals surface area contributed by atoms with E-state index in [1.54, 1.807) is 0 Å². The summed E-state index contributed by atoms with van der Waals surface area (Å²) in [6.45, 7) is -0.479. The minimum atomic E-state index is -1.73. The highest BCUT2D eigenvalue weighted by molar-refractivity contribution is 6.67. The van der Waals surface area contributed by atoms with Crippen LogP contribution in [-0.2, 0) is 9.47 Å². The molecule has 0 atom stereocenters. The van der Waals surface area contributed by atoms with Gasteiger partial charge in [0.25, 0.3) is 6.02 Å². The van der Waals surface area contributed by atoms with Crippen molar-refractivity contribution in [2.45, 2.75) is 3.79 Å². The number of alkyl halides is 3. The average molecular weight is 275 g/mol. The fraction of sp³-hybridized carbons (Fsp3) is 0.600. The maximum Gasteiger partial charge on any atom is 0.436 e. The molecule has 0 aromatic heterocycles. The lowest BCUT2D eigenvalue weighted by Crippen LogP contribution is -2.16. The maximum atomic E-state index is 10.9. The van der Waals surface area contributed by atoms with Gasteiger partial charge in [-0.1, -0.05) is 34.8 Å². The lowest BCUT2D eigenvalue weighted by Gasteiger charge is -2.09. The number of methoxy groups -OCH3 is 1. The van der Waals surface area contributed by atoms with Crippen molar-refractivity contribution in [2.75, 3.05) is 13.7 Å². The Labute approximate surface area is 99.5 Å². The molecule has 7 nitrogen and oxygen atoms in total. The Morgan fingerprint density at radius 3 is 2.53 bits per heavy atom. The first-order valence-electron chi connectivity index (χ1n) is 3.30. The van der Waals surface area contributed by atoms with Crippen LogP contribution in [0.4, 0.5) is 4.79 Å². The summed E-state index contributed by atoms with van der Waals surface area (Å²) in [7, 11) is 1.16. The van der Waals surface area contributed by atoms with Crippen molar-refractivity contribution in [3.05, 3.63) is 10.4 Å². The number of nitrogens with zero attached hydrogens (tertiary/aromatic N) is 4. The smallest absolute Gasteiger partial charge is 0.436 e. The minimum absolute atomic E-state index is 0.479. The van der Waals surface area contributed by atoms with E-state index in [-0.39, 0.29) is 0 Å². The van der Waals surface area contributed by atoms with E-state index >= 15 is 0 Å². The Morgan fingerprint density at radius 2 is 2.13 bits per heavy atom. The van der Waals surface area contributed by atoms with Gasteiger partial charge in [0.2, 0.25) is 3.79 Å². The third-order valence-corrected chi connectivity index (χ3v) is 1.19. The van der Waals surface area contributed by atoms with Crippen LogP contribution in [0.3, 0.4) is 0 Å². The standard InChI is InChI=1S/C5H5Cl3N4O3/c1-14-3(11-12-9)10-4(13)15-2-5(6,7)8/h2H2,1H3/b10-3-. The van der Waals surface area contributed by atoms with Gasteiger partial charge in [-0.2, -0.15) is 0 Å². The minimum Gasteiger partial charge on any atom is -0.479 e. The number of ether oxygens (including phenoxy) is 2. The molecular formula is C5H5Cl3N4O3. The zero-order valence-electron chi connectivity index (χ0n) is 7.35. The van der Waals surface area contributed by atoms with Crippen molar-refractivity contribution in [1.82, 2.24) is 0 Å². The van der Waals surface area contributed by atoms with Crippen LogP contribution in [0.15, 0.2) is 10.1 Å². The maximum absolute atomic E-state index is 10.9. The predicted molar refractivity (Wildman–Crippen MR) is 55.2 cm³/mol. The molecule has 0 aliphatic heterocycles. The van der Waals surface area contributed by atoms with E-state index in [1.165, 1.54) is 0 Å². The SMILES string of the molecule is CO/C(N=[N+]=[N-])=N\C(=O)OCC(Cl)(Cl)Cl. The molecule has 0 radical (unpaired) electrons. The topological polar surface area (TPSA) is 96.6 Å². The van der Waals surface area contributed by atoms with E-state index in [0.717, 1.165) is 7.11 Å². The predicted octanol–water partition coefficient (Wildman–Crippen LogP) is 2.81. The molecule has 0 aromatic carbocycles. The molecule has 0 unspecified atom stereocenters. The first-order valence-corrected chi connectivity index (χ1v) is 4.43. The summed E-state index contributed by atoms with van der Waals surface area (Å²) >= 11 is 15.9. The largest absolute Gasteiger partial charge is 0.479 e. The quantitative estimate of drug-likeness (QED) is 0.184. The van der Waals surface area contributed by atoms with Gasteiger partial charge in [-0.3, -0.25) is 0 Å². The number of azide groups is 1. The Hall–Kier alpha value is -0.880. The monoisotopic (exact) mass is 274 g/mol. The second-order valence-corrected chi connectivity index (χ2v) is 4.47. The molecule has 0 bridgehead atoms. The second-order valence-electron chi connectivity index (χ2n) is 1.96. The zero-order chi connectivity index (χ0) is 11.9. The number of amides is 1. The van der Waals surface area contributed by atoms with Gasteiger partial charge in [0.15, 0.2) is 0 Å². The van der Waals surface area contributed by atoms with Crippen LogP contribution in [0.2, 0.25) is 0 Å². The van der Waals surface area contributed by atoms with Crippen LogP contribution in [0.5, 0.6) is 0 Å². The van der Waals surface area contributed by atoms with E-state index in [2.05, 4.69) is 24.5 Å². The van der Waals surface area contributed by atoms with E-state index in [0.29, 0.717) is 0 Å². The molecule has 15 heavy (non-hydrogen) atoms. The van der Waals surface area contributed by atoms with E-state index in [9.17, 15) is 4.79 Å². The highest BCUT2D eigenvalue weighted by Gasteiger charge is 2.22. The molecule has 1 amide bonds. The van der Waals surface area contributed by atoms with Crippen LogP contribution >= 0.6 is 34.8 Å². The first kappa shape index (κ1) is 14.1. The van der Waals surface area contributed by atoms with Gasteiger partial charge >= 0.3 is 6.09 Å². The molecular weight excluding hydrogens is 270 g/mol. The van der Waals surface area contributed by atoms with E-state index < -0.39 is 22.5 Å². The summed E-state index contributed by atoms with van der Waals surface area (Å²) in [5.74, 6) is 0. The van der Waals surface area contributed by atoms with Crippen molar-refractivity contribution in [3.8, 4) is 0 Å². The lowest BCUT2D eigenvalue weighted by molar-refractivity contribution is 0.158. The molecule has 84 valence electrons. The van der Waals surface area contributed by atoms with Crippen LogP contribution in [0, 0.1) is 0 Å². The third-order valence-electron chi connectivity index (χ3n) is 0.859. The molecule has 0 saturated heterocycles. The van der Waals surface area contributed by atoms with E-state index in [1.807, 2.05) is 0 Å². The molecule has 0 rings (SSSR count). The molecule has 0 heterocycles. The first-order chi connectivity index (χ1) is 6.89. The van der Waals surface area contributed by atoms with Crippen molar-refractivity contribution in [3.63, 3.8) is 0 Å². The Bertz CT molecular complexity index is 307. The number of rotatable bonds is 1. The number of carbonyl (C=O) groups is 1. The fourth-order valence-corrected chi connectivity index (χ4v) is 0.565. The molecule has 0 N–H and O–H groups in total. The summed E-state index contributed by atoms with van der Waals surface area (Å²) in [6.07, 6.45) is -1.09. The second kappa shape index (κ2) is 6.58. The van der Waals surface area contributed by atoms with Gasteiger partial charge < -0.3 is 9.47 Å². The third kappa shape index (κ3) is 8.14. The fourth-order valence-electron chi connectivity index (χ4n) is 0.401. The zero-order valence-corrected chi connectivity index (χ0v) is 9.62. The highest BCUT2D eigenvalue weighted by Crippen LogP contribution is 2.25. The van der Waals surface area contributed by atoms with Crippen LogP contribution < -0.4 is 0 Å². The van der Waals surface area contributed by atoms with Gasteiger partial charge in [0.1, 0.15) is 6.61 Å². The van der Waals surface area contributed by atoms with Crippen LogP contribution in [0.1, 0.15) is 0 Å². The van der Waals surface area contributed by atoms with Gasteiger partial charge in [-0.05, 0) is 10.6 Å². The Morgan fingerprint density at radius 1 is 1.53 bits per heavy atom. The van der Waals surface area contributed by atoms with Gasteiger partial charge in [0, 0.05) is 4.91 Å². The molecule has 0 aromatic rings. The molecule has 0 fully saturated rings. The van der Waals surface area contributed by atoms with Crippen LogP contribution in [0.25, 0.3) is 10.4 Å². The van der Waals surface area contributed by atoms with Crippen LogP contribution in [-0.4, -0.2) is 29.6 Å². The van der Waals surface area contributed by atoms with Gasteiger partial charge in [0.05, 0.1) is 7.11 Å². The number of carbonyl (C=O) groups excluding carboxylic acids is 1. The number of hydrogen-bond donors (Lipinski definition) is 0. The number of amidine groups is 1. The molecule has 0 aliphatic rings. The number of aliphatic imine (C=N–C) groups is 1. The summed E-state index contributed by atoms with van der Waals surface area (Å²) < 4.78 is 7.10. The summed E-state index contributed by atoms with van der Waals surface area (Å²) in [6, 6.07) is -0.494. The lowest BCUT2D eigenvalue weighted by atomic mass is 10.8. The molecule has 0 saturated carbocycles. The molecule has 10 heteroatoms. The Kier molecular flexibility index (Phi) is 6.19. The van der Waals surface area contributed by atoms with Gasteiger partial charge in [-0.15, -0.1) is 4.99 Å². The summed E-state index contributed by atoms with van der Waals surface area (Å²) in [5, 5.41) is 2.94. The highest BCUT2D eigenvalue weighted by atomic mass is 35.6. The van der Waals surface area contributed by atoms with Crippen molar-refractivity contribution < 1.29 is 14.3 Å². The molecule has 0 spiro atoms. The van der Waals surface area contributed by atoms with Crippen molar-refractivity contribution >= 4 is 46.9 Å². The Balaban J connectivity index is 4.28. The van der Waals surface area contributed by atoms with Crippen molar-refractivity contribution in [2.24, 2.45) is 10.1 Å². The average Bonchev–Trinajstić information content (AvgIpc) is 2.13. The molecule has 0 aliphatic carbocycles. The van der Waals surface area contributed by atoms with Gasteiger partial charge in [-0.25, -0.2) is 4.79 Å². The van der Waals surface area contributed by atoms with E-state index in [4.69, 9.17) is 40.3 Å². The summed E-state index contributed by atoms with van der Waals surface area (Å²) in [5.41, 5.74) is 8.02. The summed E-state index contributed by atoms with van der Waals surface area (Å²) in [4.78, 5) is 16.4. The number of halogens is 3.